The predicted octanol–water partition coefficient (Wildman–Crippen LogP) is 0.168. The Kier molecular flexibility index (Phi) is 4.83. The first-order valence-corrected chi connectivity index (χ1v) is 8.47. The monoisotopic (exact) mass is 298 g/mol. The first kappa shape index (κ1) is 14.8. The quantitative estimate of drug-likeness (QED) is 0.551. The molecule has 0 radical (unpaired) electrons. The maximum Gasteiger partial charge on any atom is 0.546 e. The van der Waals surface area contributed by atoms with E-state index in [1.54, 1.807) is 6.07 Å². The van der Waals surface area contributed by atoms with Crippen molar-refractivity contribution >= 4 is 34.8 Å². The van der Waals surface area contributed by atoms with Crippen molar-refractivity contribution in [2.75, 3.05) is 28.4 Å². The molecule has 17 heavy (non-hydrogen) atoms. The van der Waals surface area contributed by atoms with E-state index in [-0.39, 0.29) is 4.21 Å². The molecule has 0 fully saturated rings. The van der Waals surface area contributed by atoms with Crippen LogP contribution in [0.4, 0.5) is 0 Å². The van der Waals surface area contributed by atoms with Crippen LogP contribution in [0.1, 0.15) is 0 Å². The van der Waals surface area contributed by atoms with Gasteiger partial charge in [-0.2, -0.15) is 8.42 Å². The smallest absolute Gasteiger partial charge is 0.373 e. The number of hydrogen-bond acceptors (Lipinski definition) is 7. The van der Waals surface area contributed by atoms with Crippen molar-refractivity contribution in [3.8, 4) is 0 Å². The van der Waals surface area contributed by atoms with Crippen LogP contribution in [0, 0.1) is 0 Å². The molecule has 0 aliphatic rings. The van der Waals surface area contributed by atoms with Gasteiger partial charge in [0, 0.05) is 21.3 Å². The lowest BCUT2D eigenvalue weighted by Gasteiger charge is -2.22. The van der Waals surface area contributed by atoms with E-state index in [0.717, 1.165) is 18.4 Å². The minimum absolute atomic E-state index is 0.0954. The fourth-order valence-corrected chi connectivity index (χ4v) is 6.22. The molecule has 0 saturated carbocycles. The maximum absolute atomic E-state index is 11.5. The summed E-state index contributed by atoms with van der Waals surface area (Å²) in [4.78, 5) is 0. The highest BCUT2D eigenvalue weighted by Crippen LogP contribution is 2.20. The molecule has 1 rings (SSSR count). The molecule has 1 aromatic heterocycles. The molecule has 0 saturated heterocycles. The first-order valence-electron chi connectivity index (χ1n) is 4.52. The van der Waals surface area contributed by atoms with E-state index in [4.69, 9.17) is 13.3 Å². The van der Waals surface area contributed by atoms with E-state index in [0.29, 0.717) is 4.50 Å². The van der Waals surface area contributed by atoms with Crippen molar-refractivity contribution in [3.63, 3.8) is 0 Å². The van der Waals surface area contributed by atoms with Gasteiger partial charge in [-0.05, 0) is 12.1 Å². The van der Waals surface area contributed by atoms with Gasteiger partial charge in [0.15, 0.2) is 0 Å². The fraction of sp³-hybridized carbons (Fsp3) is 0.500. The summed E-state index contributed by atoms with van der Waals surface area (Å²) in [6.45, 7) is 0. The van der Waals surface area contributed by atoms with Crippen LogP contribution >= 0.6 is 11.3 Å². The SMILES string of the molecule is CO[Si](OC)(OC)c1ccc(S(=O)(=O)OC)s1. The van der Waals surface area contributed by atoms with Gasteiger partial charge in [-0.3, -0.25) is 4.18 Å². The summed E-state index contributed by atoms with van der Waals surface area (Å²) in [5, 5.41) is 0. The summed E-state index contributed by atoms with van der Waals surface area (Å²) >= 11 is 1.02. The lowest BCUT2D eigenvalue weighted by Crippen LogP contribution is -2.53. The van der Waals surface area contributed by atoms with Crippen LogP contribution < -0.4 is 4.50 Å². The van der Waals surface area contributed by atoms with Crippen LogP contribution in [-0.2, 0) is 27.6 Å². The molecule has 0 amide bonds. The summed E-state index contributed by atoms with van der Waals surface area (Å²) in [7, 11) is -1.16. The molecule has 0 spiro atoms. The summed E-state index contributed by atoms with van der Waals surface area (Å²) in [6, 6.07) is 3.05. The van der Waals surface area contributed by atoms with Crippen LogP contribution in [0.2, 0.25) is 0 Å². The summed E-state index contributed by atoms with van der Waals surface area (Å²) in [6.07, 6.45) is 0. The van der Waals surface area contributed by atoms with E-state index in [9.17, 15) is 8.42 Å². The van der Waals surface area contributed by atoms with Crippen LogP contribution in [0.25, 0.3) is 0 Å². The zero-order valence-corrected chi connectivity index (χ0v) is 12.6. The zero-order valence-electron chi connectivity index (χ0n) is 9.92. The summed E-state index contributed by atoms with van der Waals surface area (Å²) < 4.78 is 43.9. The highest BCUT2D eigenvalue weighted by molar-refractivity contribution is 7.89. The van der Waals surface area contributed by atoms with E-state index >= 15 is 0 Å². The van der Waals surface area contributed by atoms with Gasteiger partial charge in [0.2, 0.25) is 0 Å². The number of rotatable bonds is 6. The van der Waals surface area contributed by atoms with E-state index in [1.807, 2.05) is 0 Å². The van der Waals surface area contributed by atoms with E-state index in [1.165, 1.54) is 27.4 Å². The molecule has 0 aliphatic heterocycles. The van der Waals surface area contributed by atoms with Crippen molar-refractivity contribution in [3.05, 3.63) is 12.1 Å². The normalized spacial score (nSPS) is 12.9. The van der Waals surface area contributed by atoms with Gasteiger partial charge in [0.1, 0.15) is 4.21 Å². The van der Waals surface area contributed by atoms with Gasteiger partial charge < -0.3 is 13.3 Å². The van der Waals surface area contributed by atoms with Gasteiger partial charge in [-0.15, -0.1) is 11.3 Å². The lowest BCUT2D eigenvalue weighted by molar-refractivity contribution is 0.141. The van der Waals surface area contributed by atoms with Crippen molar-refractivity contribution in [1.82, 2.24) is 0 Å². The van der Waals surface area contributed by atoms with E-state index in [2.05, 4.69) is 4.18 Å². The van der Waals surface area contributed by atoms with Crippen LogP contribution in [0.5, 0.6) is 0 Å². The average molecular weight is 298 g/mol. The van der Waals surface area contributed by atoms with Gasteiger partial charge in [-0.1, -0.05) is 0 Å². The first-order chi connectivity index (χ1) is 7.95. The van der Waals surface area contributed by atoms with Gasteiger partial charge in [0.05, 0.1) is 11.6 Å². The minimum Gasteiger partial charge on any atom is -0.373 e. The molecule has 0 aromatic carbocycles. The third-order valence-corrected chi connectivity index (χ3v) is 8.22. The molecule has 0 bridgehead atoms. The second kappa shape index (κ2) is 5.57. The molecule has 1 heterocycles. The van der Waals surface area contributed by atoms with Crippen molar-refractivity contribution < 1.29 is 25.9 Å². The Bertz CT molecular complexity index is 456. The van der Waals surface area contributed by atoms with Crippen molar-refractivity contribution in [2.24, 2.45) is 0 Å². The highest BCUT2D eigenvalue weighted by Gasteiger charge is 2.43. The van der Waals surface area contributed by atoms with Crippen LogP contribution in [-0.4, -0.2) is 45.7 Å². The molecule has 6 nitrogen and oxygen atoms in total. The number of hydrogen-bond donors (Lipinski definition) is 0. The van der Waals surface area contributed by atoms with Gasteiger partial charge in [-0.25, -0.2) is 0 Å². The Morgan fingerprint density at radius 3 is 2.00 bits per heavy atom. The molecular formula is C8H14O6S2Si. The summed E-state index contributed by atoms with van der Waals surface area (Å²) in [5.41, 5.74) is 0. The third-order valence-electron chi connectivity index (χ3n) is 2.16. The Balaban J connectivity index is 3.18. The molecule has 98 valence electrons. The summed E-state index contributed by atoms with van der Waals surface area (Å²) in [5.74, 6) is 0. The van der Waals surface area contributed by atoms with Gasteiger partial charge >= 0.3 is 18.9 Å². The third kappa shape index (κ3) is 2.76. The van der Waals surface area contributed by atoms with Gasteiger partial charge in [0.25, 0.3) is 0 Å². The molecule has 0 atom stereocenters. The molecule has 1 aromatic rings. The van der Waals surface area contributed by atoms with Crippen LogP contribution in [0.15, 0.2) is 16.3 Å². The Morgan fingerprint density at radius 2 is 1.59 bits per heavy atom. The average Bonchev–Trinajstić information content (AvgIpc) is 2.83. The second-order valence-electron chi connectivity index (χ2n) is 2.91. The topological polar surface area (TPSA) is 71.1 Å². The minimum atomic E-state index is -3.69. The maximum atomic E-state index is 11.5. The lowest BCUT2D eigenvalue weighted by atomic mass is 10.7. The molecule has 0 unspecified atom stereocenters. The van der Waals surface area contributed by atoms with Crippen molar-refractivity contribution in [2.45, 2.75) is 4.21 Å². The van der Waals surface area contributed by atoms with E-state index < -0.39 is 18.9 Å². The predicted molar refractivity (Wildman–Crippen MR) is 64.9 cm³/mol. The molecule has 0 aliphatic carbocycles. The largest absolute Gasteiger partial charge is 0.546 e. The Hall–Kier alpha value is -0.293. The zero-order chi connectivity index (χ0) is 13.1. The van der Waals surface area contributed by atoms with Crippen LogP contribution in [0.3, 0.4) is 0 Å². The van der Waals surface area contributed by atoms with Crippen molar-refractivity contribution in [1.29, 1.82) is 0 Å². The highest BCUT2D eigenvalue weighted by atomic mass is 32.3. The second-order valence-corrected chi connectivity index (χ2v) is 9.17. The molecular weight excluding hydrogens is 284 g/mol. The Labute approximate surface area is 106 Å². The molecule has 9 heteroatoms. The number of thiophene rings is 1. The fourth-order valence-electron chi connectivity index (χ4n) is 1.25. The molecule has 0 N–H and O–H groups in total. The standard InChI is InChI=1S/C8H14O6S2Si/c1-11-16(9,10)7-5-6-8(15-7)17(12-2,13-3)14-4/h5-6H,1-4H3. The Morgan fingerprint density at radius 1 is 1.06 bits per heavy atom.